The van der Waals surface area contributed by atoms with Crippen LogP contribution in [0.25, 0.3) is 0 Å². The van der Waals surface area contributed by atoms with Gasteiger partial charge in [-0.05, 0) is 63.7 Å². The molecular formula is C20H28O2. The van der Waals surface area contributed by atoms with Gasteiger partial charge in [0.2, 0.25) is 0 Å². The van der Waals surface area contributed by atoms with E-state index >= 15 is 0 Å². The predicted molar refractivity (Wildman–Crippen MR) is 92.7 cm³/mol. The Morgan fingerprint density at radius 1 is 1.27 bits per heavy atom. The Hall–Kier alpha value is -1.70. The van der Waals surface area contributed by atoms with Crippen LogP contribution in [-0.2, 0) is 6.42 Å². The van der Waals surface area contributed by atoms with E-state index in [1.165, 1.54) is 16.7 Å². The highest BCUT2D eigenvalue weighted by Gasteiger charge is 2.10. The predicted octanol–water partition coefficient (Wildman–Crippen LogP) is 5.33. The van der Waals surface area contributed by atoms with Gasteiger partial charge in [0.25, 0.3) is 0 Å². The number of fused-ring (bicyclic) bond motifs is 1. The normalized spacial score (nSPS) is 15.5. The fourth-order valence-corrected chi connectivity index (χ4v) is 2.48. The highest BCUT2D eigenvalue weighted by Crippen LogP contribution is 2.29. The zero-order chi connectivity index (χ0) is 15.9. The number of aryl methyl sites for hydroxylation is 1. The van der Waals surface area contributed by atoms with Crippen LogP contribution in [-0.4, -0.2) is 13.2 Å². The largest absolute Gasteiger partial charge is 0.493 e. The van der Waals surface area contributed by atoms with E-state index in [0.29, 0.717) is 12.5 Å². The van der Waals surface area contributed by atoms with Gasteiger partial charge in [-0.2, -0.15) is 0 Å². The third-order valence-corrected chi connectivity index (χ3v) is 4.20. The average Bonchev–Trinajstić information content (AvgIpc) is 2.52. The molecule has 1 aliphatic heterocycles. The summed E-state index contributed by atoms with van der Waals surface area (Å²) >= 11 is 0. The molecule has 2 rings (SSSR count). The van der Waals surface area contributed by atoms with Crippen LogP contribution in [0.4, 0.5) is 0 Å². The van der Waals surface area contributed by atoms with Crippen molar-refractivity contribution in [2.45, 2.75) is 47.0 Å². The molecule has 2 heteroatoms. The summed E-state index contributed by atoms with van der Waals surface area (Å²) in [5.74, 6) is 2.44. The molecule has 0 aromatic heterocycles. The number of hydrogen-bond acceptors (Lipinski definition) is 2. The third-order valence-electron chi connectivity index (χ3n) is 4.20. The number of hydrogen-bond donors (Lipinski definition) is 0. The molecule has 0 N–H and O–H groups in total. The Bertz CT molecular complexity index is 551. The van der Waals surface area contributed by atoms with Crippen molar-refractivity contribution in [3.8, 4) is 11.5 Å². The quantitative estimate of drug-likeness (QED) is 0.661. The van der Waals surface area contributed by atoms with Gasteiger partial charge in [-0.15, -0.1) is 0 Å². The fourth-order valence-electron chi connectivity index (χ4n) is 2.48. The summed E-state index contributed by atoms with van der Waals surface area (Å²) in [6.07, 6.45) is 7.79. The van der Waals surface area contributed by atoms with Gasteiger partial charge in [0, 0.05) is 6.07 Å². The van der Waals surface area contributed by atoms with E-state index in [9.17, 15) is 0 Å². The van der Waals surface area contributed by atoms with Crippen LogP contribution in [0, 0.1) is 5.92 Å². The molecule has 1 aromatic carbocycles. The molecule has 1 aromatic rings. The number of rotatable bonds is 6. The van der Waals surface area contributed by atoms with Crippen molar-refractivity contribution >= 4 is 0 Å². The Morgan fingerprint density at radius 2 is 2.09 bits per heavy atom. The standard InChI is InChI=1S/C20H28O2/c1-15(2)7-8-16(3)17(4)11-13-21-19-10-9-18-6-5-12-22-20(18)14-19/h7,9-11,14,16H,5-6,8,12-13H2,1-4H3. The summed E-state index contributed by atoms with van der Waals surface area (Å²) in [4.78, 5) is 0. The molecule has 0 aliphatic carbocycles. The molecule has 0 amide bonds. The van der Waals surface area contributed by atoms with Crippen molar-refractivity contribution in [3.63, 3.8) is 0 Å². The smallest absolute Gasteiger partial charge is 0.126 e. The van der Waals surface area contributed by atoms with Crippen molar-refractivity contribution < 1.29 is 9.47 Å². The highest BCUT2D eigenvalue weighted by molar-refractivity contribution is 5.41. The Balaban J connectivity index is 1.87. The zero-order valence-electron chi connectivity index (χ0n) is 14.3. The molecule has 0 spiro atoms. The van der Waals surface area contributed by atoms with Crippen LogP contribution in [0.5, 0.6) is 11.5 Å². The van der Waals surface area contributed by atoms with Gasteiger partial charge >= 0.3 is 0 Å². The van der Waals surface area contributed by atoms with Gasteiger partial charge in [-0.25, -0.2) is 0 Å². The summed E-state index contributed by atoms with van der Waals surface area (Å²) in [6.45, 7) is 10.2. The van der Waals surface area contributed by atoms with Crippen LogP contribution in [0.1, 0.15) is 46.1 Å². The summed E-state index contributed by atoms with van der Waals surface area (Å²) in [5, 5.41) is 0. The lowest BCUT2D eigenvalue weighted by Crippen LogP contribution is -2.08. The lowest BCUT2D eigenvalue weighted by Gasteiger charge is -2.18. The van der Waals surface area contributed by atoms with Crippen LogP contribution in [0.3, 0.4) is 0 Å². The van der Waals surface area contributed by atoms with Gasteiger partial charge in [-0.1, -0.05) is 30.2 Å². The molecule has 1 unspecified atom stereocenters. The first kappa shape index (κ1) is 16.7. The molecule has 22 heavy (non-hydrogen) atoms. The second-order valence-electron chi connectivity index (χ2n) is 6.40. The summed E-state index contributed by atoms with van der Waals surface area (Å²) in [7, 11) is 0. The number of benzene rings is 1. The second-order valence-corrected chi connectivity index (χ2v) is 6.40. The molecular weight excluding hydrogens is 272 g/mol. The minimum atomic E-state index is 0.561. The topological polar surface area (TPSA) is 18.5 Å². The molecule has 0 bridgehead atoms. The SMILES string of the molecule is CC(C)=CCC(C)C(C)=CCOc1ccc2c(c1)OCCC2. The maximum atomic E-state index is 5.85. The Morgan fingerprint density at radius 3 is 2.86 bits per heavy atom. The summed E-state index contributed by atoms with van der Waals surface area (Å²) in [5.41, 5.74) is 4.05. The second kappa shape index (κ2) is 8.07. The maximum absolute atomic E-state index is 5.85. The van der Waals surface area contributed by atoms with E-state index in [1.807, 2.05) is 12.1 Å². The minimum Gasteiger partial charge on any atom is -0.493 e. The first-order chi connectivity index (χ1) is 10.6. The zero-order valence-corrected chi connectivity index (χ0v) is 14.3. The summed E-state index contributed by atoms with van der Waals surface area (Å²) in [6, 6.07) is 6.19. The van der Waals surface area contributed by atoms with Crippen LogP contribution < -0.4 is 9.47 Å². The van der Waals surface area contributed by atoms with Crippen molar-refractivity contribution in [2.24, 2.45) is 5.92 Å². The molecule has 1 aliphatic rings. The van der Waals surface area contributed by atoms with E-state index in [0.717, 1.165) is 37.4 Å². The van der Waals surface area contributed by atoms with Gasteiger partial charge < -0.3 is 9.47 Å². The molecule has 0 fully saturated rings. The molecule has 1 heterocycles. The van der Waals surface area contributed by atoms with Gasteiger partial charge in [0.05, 0.1) is 6.61 Å². The van der Waals surface area contributed by atoms with E-state index < -0.39 is 0 Å². The van der Waals surface area contributed by atoms with Crippen LogP contribution in [0.2, 0.25) is 0 Å². The Kier molecular flexibility index (Phi) is 6.11. The first-order valence-corrected chi connectivity index (χ1v) is 8.25. The lowest BCUT2D eigenvalue weighted by molar-refractivity contribution is 0.284. The van der Waals surface area contributed by atoms with Gasteiger partial charge in [0.1, 0.15) is 18.1 Å². The van der Waals surface area contributed by atoms with E-state index in [2.05, 4.69) is 45.9 Å². The van der Waals surface area contributed by atoms with Gasteiger partial charge in [0.15, 0.2) is 0 Å². The Labute approximate surface area is 134 Å². The highest BCUT2D eigenvalue weighted by atomic mass is 16.5. The minimum absolute atomic E-state index is 0.561. The van der Waals surface area contributed by atoms with E-state index in [-0.39, 0.29) is 0 Å². The molecule has 1 atom stereocenters. The maximum Gasteiger partial charge on any atom is 0.126 e. The monoisotopic (exact) mass is 300 g/mol. The summed E-state index contributed by atoms with van der Waals surface area (Å²) < 4.78 is 11.5. The fraction of sp³-hybridized carbons (Fsp3) is 0.500. The van der Waals surface area contributed by atoms with Crippen LogP contribution in [0.15, 0.2) is 41.5 Å². The van der Waals surface area contributed by atoms with Gasteiger partial charge in [-0.3, -0.25) is 0 Å². The van der Waals surface area contributed by atoms with Crippen molar-refractivity contribution in [1.29, 1.82) is 0 Å². The molecule has 120 valence electrons. The molecule has 0 radical (unpaired) electrons. The number of allylic oxidation sites excluding steroid dienone is 3. The molecule has 0 saturated carbocycles. The lowest BCUT2D eigenvalue weighted by atomic mass is 9.98. The van der Waals surface area contributed by atoms with Crippen LogP contribution >= 0.6 is 0 Å². The van der Waals surface area contributed by atoms with E-state index in [4.69, 9.17) is 9.47 Å². The van der Waals surface area contributed by atoms with Crippen molar-refractivity contribution in [3.05, 3.63) is 47.1 Å². The van der Waals surface area contributed by atoms with Crippen molar-refractivity contribution in [1.82, 2.24) is 0 Å². The third kappa shape index (κ3) is 4.94. The number of ether oxygens (including phenoxy) is 2. The molecule has 0 saturated heterocycles. The van der Waals surface area contributed by atoms with E-state index in [1.54, 1.807) is 0 Å². The first-order valence-electron chi connectivity index (χ1n) is 8.25. The molecule has 2 nitrogen and oxygen atoms in total. The average molecular weight is 300 g/mol. The van der Waals surface area contributed by atoms with Crippen molar-refractivity contribution in [2.75, 3.05) is 13.2 Å².